The fourth-order valence-corrected chi connectivity index (χ4v) is 3.24. The van der Waals surface area contributed by atoms with Gasteiger partial charge in [-0.15, -0.1) is 0 Å². The molecule has 1 saturated carbocycles. The van der Waals surface area contributed by atoms with Crippen LogP contribution in [0.1, 0.15) is 45.4 Å². The number of aliphatic hydroxyl groups excluding tert-OH is 1. The summed E-state index contributed by atoms with van der Waals surface area (Å²) >= 11 is 0. The van der Waals surface area contributed by atoms with Crippen molar-refractivity contribution in [2.75, 3.05) is 26.2 Å². The Balaban J connectivity index is 1.61. The molecule has 2 aliphatic rings. The molecule has 0 aromatic heterocycles. The van der Waals surface area contributed by atoms with Gasteiger partial charge < -0.3 is 14.7 Å². The van der Waals surface area contributed by atoms with Gasteiger partial charge >= 0.3 is 0 Å². The van der Waals surface area contributed by atoms with Crippen molar-refractivity contribution in [3.8, 4) is 0 Å². The topological polar surface area (TPSA) is 32.7 Å². The van der Waals surface area contributed by atoms with Crippen LogP contribution in [-0.2, 0) is 4.74 Å². The summed E-state index contributed by atoms with van der Waals surface area (Å²) < 4.78 is 5.66. The molecule has 17 heavy (non-hydrogen) atoms. The number of likely N-dealkylation sites (tertiary alicyclic amines) is 1. The molecule has 1 aliphatic heterocycles. The van der Waals surface area contributed by atoms with Crippen molar-refractivity contribution in [2.24, 2.45) is 5.92 Å². The average molecular weight is 241 g/mol. The van der Waals surface area contributed by atoms with Crippen molar-refractivity contribution in [3.05, 3.63) is 0 Å². The van der Waals surface area contributed by atoms with E-state index in [0.29, 0.717) is 12.0 Å². The van der Waals surface area contributed by atoms with E-state index in [1.807, 2.05) is 0 Å². The zero-order valence-corrected chi connectivity index (χ0v) is 11.1. The van der Waals surface area contributed by atoms with Gasteiger partial charge in [-0.1, -0.05) is 6.42 Å². The van der Waals surface area contributed by atoms with Crippen LogP contribution < -0.4 is 0 Å². The van der Waals surface area contributed by atoms with Gasteiger partial charge in [0.2, 0.25) is 0 Å². The monoisotopic (exact) mass is 241 g/mol. The molecule has 2 atom stereocenters. The predicted molar refractivity (Wildman–Crippen MR) is 69.1 cm³/mol. The van der Waals surface area contributed by atoms with Crippen LogP contribution in [0, 0.1) is 5.92 Å². The molecule has 2 rings (SSSR count). The number of hydrogen-bond acceptors (Lipinski definition) is 3. The number of aliphatic hydroxyl groups is 1. The Labute approximate surface area is 105 Å². The number of rotatable bonds is 5. The van der Waals surface area contributed by atoms with Gasteiger partial charge in [-0.05, 0) is 51.5 Å². The molecule has 100 valence electrons. The van der Waals surface area contributed by atoms with Gasteiger partial charge in [-0.3, -0.25) is 0 Å². The van der Waals surface area contributed by atoms with Gasteiger partial charge in [-0.2, -0.15) is 0 Å². The standard InChI is InChI=1S/C14H27NO2/c1-2-17-13-7-10-15(11-8-13)9-6-12-4-3-5-14(12)16/h12-14,16H,2-11H2,1H3. The van der Waals surface area contributed by atoms with Crippen LogP contribution in [0.2, 0.25) is 0 Å². The van der Waals surface area contributed by atoms with Crippen molar-refractivity contribution in [2.45, 2.75) is 57.7 Å². The van der Waals surface area contributed by atoms with Crippen LogP contribution in [0.3, 0.4) is 0 Å². The molecule has 2 unspecified atom stereocenters. The lowest BCUT2D eigenvalue weighted by atomic mass is 10.0. The first-order valence-electron chi connectivity index (χ1n) is 7.31. The molecule has 0 aromatic carbocycles. The fraction of sp³-hybridized carbons (Fsp3) is 1.00. The van der Waals surface area contributed by atoms with E-state index in [0.717, 1.165) is 13.0 Å². The Morgan fingerprint density at radius 3 is 2.53 bits per heavy atom. The summed E-state index contributed by atoms with van der Waals surface area (Å²) in [6, 6.07) is 0. The summed E-state index contributed by atoms with van der Waals surface area (Å²) in [6.07, 6.45) is 7.50. The van der Waals surface area contributed by atoms with E-state index < -0.39 is 0 Å². The van der Waals surface area contributed by atoms with Crippen LogP contribution in [0.15, 0.2) is 0 Å². The van der Waals surface area contributed by atoms with Gasteiger partial charge in [-0.25, -0.2) is 0 Å². The molecule has 0 aromatic rings. The van der Waals surface area contributed by atoms with E-state index in [-0.39, 0.29) is 6.10 Å². The Kier molecular flexibility index (Phi) is 5.26. The van der Waals surface area contributed by atoms with Crippen LogP contribution in [0.4, 0.5) is 0 Å². The van der Waals surface area contributed by atoms with Gasteiger partial charge in [0.05, 0.1) is 12.2 Å². The van der Waals surface area contributed by atoms with E-state index in [2.05, 4.69) is 11.8 Å². The van der Waals surface area contributed by atoms with E-state index in [9.17, 15) is 5.11 Å². The fourth-order valence-electron chi connectivity index (χ4n) is 3.24. The minimum absolute atomic E-state index is 0.0176. The third kappa shape index (κ3) is 3.94. The molecule has 3 heteroatoms. The first-order chi connectivity index (χ1) is 8.29. The molecule has 3 nitrogen and oxygen atoms in total. The highest BCUT2D eigenvalue weighted by atomic mass is 16.5. The third-order valence-electron chi connectivity index (χ3n) is 4.37. The second-order valence-electron chi connectivity index (χ2n) is 5.54. The van der Waals surface area contributed by atoms with Crippen molar-refractivity contribution < 1.29 is 9.84 Å². The number of ether oxygens (including phenoxy) is 1. The number of nitrogens with zero attached hydrogens (tertiary/aromatic N) is 1. The first kappa shape index (κ1) is 13.3. The van der Waals surface area contributed by atoms with E-state index in [4.69, 9.17) is 4.74 Å². The highest BCUT2D eigenvalue weighted by Crippen LogP contribution is 2.28. The second kappa shape index (κ2) is 6.72. The Bertz CT molecular complexity index is 214. The minimum atomic E-state index is -0.0176. The van der Waals surface area contributed by atoms with Gasteiger partial charge in [0.25, 0.3) is 0 Å². The van der Waals surface area contributed by atoms with Crippen LogP contribution >= 0.6 is 0 Å². The highest BCUT2D eigenvalue weighted by Gasteiger charge is 2.26. The van der Waals surface area contributed by atoms with Crippen molar-refractivity contribution in [3.63, 3.8) is 0 Å². The second-order valence-corrected chi connectivity index (χ2v) is 5.54. The van der Waals surface area contributed by atoms with Crippen molar-refractivity contribution in [1.82, 2.24) is 4.90 Å². The smallest absolute Gasteiger partial charge is 0.0599 e. The molecule has 0 spiro atoms. The van der Waals surface area contributed by atoms with E-state index in [1.165, 1.54) is 51.7 Å². The summed E-state index contributed by atoms with van der Waals surface area (Å²) in [4.78, 5) is 2.54. The summed E-state index contributed by atoms with van der Waals surface area (Å²) in [6.45, 7) is 6.44. The molecular weight excluding hydrogens is 214 g/mol. The summed E-state index contributed by atoms with van der Waals surface area (Å²) in [5, 5.41) is 9.79. The molecule has 2 fully saturated rings. The first-order valence-corrected chi connectivity index (χ1v) is 7.31. The zero-order valence-electron chi connectivity index (χ0n) is 11.1. The number of piperidine rings is 1. The van der Waals surface area contributed by atoms with Gasteiger partial charge in [0.15, 0.2) is 0 Å². The van der Waals surface area contributed by atoms with Crippen molar-refractivity contribution in [1.29, 1.82) is 0 Å². The average Bonchev–Trinajstić information content (AvgIpc) is 2.75. The molecule has 1 aliphatic carbocycles. The SMILES string of the molecule is CCOC1CCN(CCC2CCCC2O)CC1. The van der Waals surface area contributed by atoms with Gasteiger partial charge in [0.1, 0.15) is 0 Å². The van der Waals surface area contributed by atoms with Crippen molar-refractivity contribution >= 4 is 0 Å². The molecule has 0 radical (unpaired) electrons. The van der Waals surface area contributed by atoms with E-state index in [1.54, 1.807) is 0 Å². The highest BCUT2D eigenvalue weighted by molar-refractivity contribution is 4.79. The van der Waals surface area contributed by atoms with Gasteiger partial charge in [0, 0.05) is 19.7 Å². The Morgan fingerprint density at radius 1 is 1.18 bits per heavy atom. The lowest BCUT2D eigenvalue weighted by Crippen LogP contribution is -2.38. The summed E-state index contributed by atoms with van der Waals surface area (Å²) in [7, 11) is 0. The molecule has 1 N–H and O–H groups in total. The largest absolute Gasteiger partial charge is 0.393 e. The molecule has 1 heterocycles. The zero-order chi connectivity index (χ0) is 12.1. The Morgan fingerprint density at radius 2 is 1.94 bits per heavy atom. The van der Waals surface area contributed by atoms with Crippen LogP contribution in [-0.4, -0.2) is 48.5 Å². The maximum Gasteiger partial charge on any atom is 0.0599 e. The summed E-state index contributed by atoms with van der Waals surface area (Å²) in [5.41, 5.74) is 0. The summed E-state index contributed by atoms with van der Waals surface area (Å²) in [5.74, 6) is 0.569. The molecular formula is C14H27NO2. The normalized spacial score (nSPS) is 32.1. The lowest BCUT2D eigenvalue weighted by Gasteiger charge is -2.32. The molecule has 0 amide bonds. The molecule has 0 bridgehead atoms. The predicted octanol–water partition coefficient (Wildman–Crippen LogP) is 2.04. The maximum absolute atomic E-state index is 9.79. The minimum Gasteiger partial charge on any atom is -0.393 e. The van der Waals surface area contributed by atoms with Crippen LogP contribution in [0.5, 0.6) is 0 Å². The maximum atomic E-state index is 9.79. The third-order valence-corrected chi connectivity index (χ3v) is 4.37. The van der Waals surface area contributed by atoms with Crippen LogP contribution in [0.25, 0.3) is 0 Å². The molecule has 1 saturated heterocycles. The lowest BCUT2D eigenvalue weighted by molar-refractivity contribution is 0.0118. The number of hydrogen-bond donors (Lipinski definition) is 1. The Hall–Kier alpha value is -0.120. The quantitative estimate of drug-likeness (QED) is 0.799. The van der Waals surface area contributed by atoms with E-state index >= 15 is 0 Å².